The standard InChI is InChI=1S/C12H18O4/c1-8(13)7-11(15)5-4-6-12(16)9(2)10(3)14/h9H,4-7H2,1-3H3. The zero-order chi connectivity index (χ0) is 12.7. The van der Waals surface area contributed by atoms with Crippen molar-refractivity contribution in [1.82, 2.24) is 0 Å². The molecule has 0 saturated heterocycles. The Balaban J connectivity index is 3.82. The lowest BCUT2D eigenvalue weighted by Crippen LogP contribution is -2.18. The molecule has 0 aromatic heterocycles. The van der Waals surface area contributed by atoms with E-state index in [1.165, 1.54) is 13.8 Å². The van der Waals surface area contributed by atoms with E-state index in [1.54, 1.807) is 6.92 Å². The molecule has 0 heterocycles. The summed E-state index contributed by atoms with van der Waals surface area (Å²) in [6.07, 6.45) is 0.819. The second-order valence-corrected chi connectivity index (χ2v) is 4.07. The van der Waals surface area contributed by atoms with Crippen LogP contribution in [-0.2, 0) is 19.2 Å². The van der Waals surface area contributed by atoms with Crippen molar-refractivity contribution < 1.29 is 19.2 Å². The number of Topliss-reactive ketones (excluding diaryl/α,β-unsaturated/α-hetero) is 4. The second-order valence-electron chi connectivity index (χ2n) is 4.07. The summed E-state index contributed by atoms with van der Waals surface area (Å²) in [6.45, 7) is 4.31. The van der Waals surface area contributed by atoms with E-state index in [4.69, 9.17) is 0 Å². The zero-order valence-corrected chi connectivity index (χ0v) is 10.0. The Morgan fingerprint density at radius 2 is 1.56 bits per heavy atom. The van der Waals surface area contributed by atoms with Crippen LogP contribution in [0, 0.1) is 5.92 Å². The third-order valence-corrected chi connectivity index (χ3v) is 2.42. The fourth-order valence-electron chi connectivity index (χ4n) is 1.27. The fourth-order valence-corrected chi connectivity index (χ4v) is 1.27. The number of ketones is 4. The maximum atomic E-state index is 11.4. The molecule has 0 aliphatic rings. The van der Waals surface area contributed by atoms with Crippen LogP contribution < -0.4 is 0 Å². The van der Waals surface area contributed by atoms with Crippen LogP contribution in [0.15, 0.2) is 0 Å². The van der Waals surface area contributed by atoms with Gasteiger partial charge in [0.2, 0.25) is 0 Å². The van der Waals surface area contributed by atoms with Crippen LogP contribution in [0.4, 0.5) is 0 Å². The van der Waals surface area contributed by atoms with Crippen LogP contribution in [-0.4, -0.2) is 23.1 Å². The third kappa shape index (κ3) is 6.22. The van der Waals surface area contributed by atoms with Gasteiger partial charge < -0.3 is 0 Å². The molecule has 0 aliphatic heterocycles. The molecule has 4 heteroatoms. The molecule has 1 atom stereocenters. The first kappa shape index (κ1) is 14.7. The van der Waals surface area contributed by atoms with Gasteiger partial charge in [0, 0.05) is 12.8 Å². The van der Waals surface area contributed by atoms with Crippen LogP contribution in [0.3, 0.4) is 0 Å². The number of carbonyl (C=O) groups is 4. The van der Waals surface area contributed by atoms with Gasteiger partial charge in [-0.1, -0.05) is 0 Å². The fraction of sp³-hybridized carbons (Fsp3) is 0.667. The number of hydrogen-bond acceptors (Lipinski definition) is 4. The summed E-state index contributed by atoms with van der Waals surface area (Å²) in [5.41, 5.74) is 0. The molecule has 0 aromatic rings. The third-order valence-electron chi connectivity index (χ3n) is 2.42. The van der Waals surface area contributed by atoms with E-state index in [0.717, 1.165) is 0 Å². The summed E-state index contributed by atoms with van der Waals surface area (Å²) in [5, 5.41) is 0. The van der Waals surface area contributed by atoms with E-state index in [1.807, 2.05) is 0 Å². The minimum absolute atomic E-state index is 0.0591. The van der Waals surface area contributed by atoms with Crippen LogP contribution in [0.1, 0.15) is 46.5 Å². The molecule has 0 fully saturated rings. The predicted molar refractivity (Wildman–Crippen MR) is 59.0 cm³/mol. The van der Waals surface area contributed by atoms with Gasteiger partial charge in [-0.3, -0.25) is 19.2 Å². The molecule has 4 nitrogen and oxygen atoms in total. The average Bonchev–Trinajstić information content (AvgIpc) is 2.14. The SMILES string of the molecule is CC(=O)CC(=O)CCCC(=O)C(C)C(C)=O. The minimum atomic E-state index is -0.581. The summed E-state index contributed by atoms with van der Waals surface area (Å²) in [6, 6.07) is 0. The van der Waals surface area contributed by atoms with Crippen molar-refractivity contribution in [3.8, 4) is 0 Å². The summed E-state index contributed by atoms with van der Waals surface area (Å²) >= 11 is 0. The van der Waals surface area contributed by atoms with E-state index in [9.17, 15) is 19.2 Å². The Labute approximate surface area is 95.4 Å². The Bertz CT molecular complexity index is 304. The lowest BCUT2D eigenvalue weighted by molar-refractivity contribution is -0.130. The second kappa shape index (κ2) is 7.04. The monoisotopic (exact) mass is 226 g/mol. The molecule has 0 aromatic carbocycles. The Morgan fingerprint density at radius 3 is 2.00 bits per heavy atom. The molecule has 0 N–H and O–H groups in total. The summed E-state index contributed by atoms with van der Waals surface area (Å²) in [5.74, 6) is -1.17. The highest BCUT2D eigenvalue weighted by molar-refractivity contribution is 6.01. The maximum Gasteiger partial charge on any atom is 0.143 e. The predicted octanol–water partition coefficient (Wildman–Crippen LogP) is 1.50. The summed E-state index contributed by atoms with van der Waals surface area (Å²) in [7, 11) is 0. The first-order valence-corrected chi connectivity index (χ1v) is 5.39. The molecule has 0 amide bonds. The van der Waals surface area contributed by atoms with Crippen molar-refractivity contribution in [1.29, 1.82) is 0 Å². The van der Waals surface area contributed by atoms with Crippen LogP contribution in [0.25, 0.3) is 0 Å². The zero-order valence-electron chi connectivity index (χ0n) is 10.0. The lowest BCUT2D eigenvalue weighted by atomic mass is 9.97. The quantitative estimate of drug-likeness (QED) is 0.588. The number of carbonyl (C=O) groups excluding carboxylic acids is 4. The van der Waals surface area contributed by atoms with Crippen molar-refractivity contribution in [2.24, 2.45) is 5.92 Å². The molecule has 1 unspecified atom stereocenters. The lowest BCUT2D eigenvalue weighted by Gasteiger charge is -2.05. The van der Waals surface area contributed by atoms with Crippen molar-refractivity contribution in [2.45, 2.75) is 46.5 Å². The number of hydrogen-bond donors (Lipinski definition) is 0. The Kier molecular flexibility index (Phi) is 6.46. The smallest absolute Gasteiger partial charge is 0.143 e. The van der Waals surface area contributed by atoms with Crippen LogP contribution in [0.2, 0.25) is 0 Å². The molecule has 0 bridgehead atoms. The molecule has 16 heavy (non-hydrogen) atoms. The van der Waals surface area contributed by atoms with Gasteiger partial charge in [0.25, 0.3) is 0 Å². The maximum absolute atomic E-state index is 11.4. The normalized spacial score (nSPS) is 11.9. The average molecular weight is 226 g/mol. The highest BCUT2D eigenvalue weighted by atomic mass is 16.2. The van der Waals surface area contributed by atoms with Gasteiger partial charge >= 0.3 is 0 Å². The van der Waals surface area contributed by atoms with Crippen molar-refractivity contribution in [3.63, 3.8) is 0 Å². The van der Waals surface area contributed by atoms with Gasteiger partial charge in [-0.05, 0) is 27.2 Å². The first-order chi connectivity index (χ1) is 7.34. The topological polar surface area (TPSA) is 68.3 Å². The van der Waals surface area contributed by atoms with Gasteiger partial charge in [-0.25, -0.2) is 0 Å². The van der Waals surface area contributed by atoms with E-state index >= 15 is 0 Å². The first-order valence-electron chi connectivity index (χ1n) is 5.39. The van der Waals surface area contributed by atoms with E-state index in [-0.39, 0.29) is 42.4 Å². The molecule has 0 aliphatic carbocycles. The molecule has 0 rings (SSSR count). The summed E-state index contributed by atoms with van der Waals surface area (Å²) in [4.78, 5) is 44.0. The van der Waals surface area contributed by atoms with Crippen LogP contribution >= 0.6 is 0 Å². The molecule has 0 radical (unpaired) electrons. The molecule has 0 saturated carbocycles. The number of rotatable bonds is 8. The van der Waals surface area contributed by atoms with Crippen molar-refractivity contribution in [2.75, 3.05) is 0 Å². The van der Waals surface area contributed by atoms with Gasteiger partial charge in [0.15, 0.2) is 0 Å². The van der Waals surface area contributed by atoms with E-state index in [2.05, 4.69) is 0 Å². The molecular weight excluding hydrogens is 208 g/mol. The highest BCUT2D eigenvalue weighted by Gasteiger charge is 2.17. The summed E-state index contributed by atoms with van der Waals surface area (Å²) < 4.78 is 0. The van der Waals surface area contributed by atoms with E-state index in [0.29, 0.717) is 6.42 Å². The van der Waals surface area contributed by atoms with Crippen LogP contribution in [0.5, 0.6) is 0 Å². The van der Waals surface area contributed by atoms with Crippen molar-refractivity contribution >= 4 is 23.1 Å². The molecule has 90 valence electrons. The Hall–Kier alpha value is -1.32. The van der Waals surface area contributed by atoms with Gasteiger partial charge in [-0.15, -0.1) is 0 Å². The largest absolute Gasteiger partial charge is 0.300 e. The molecular formula is C12H18O4. The highest BCUT2D eigenvalue weighted by Crippen LogP contribution is 2.07. The Morgan fingerprint density at radius 1 is 1.00 bits per heavy atom. The van der Waals surface area contributed by atoms with Gasteiger partial charge in [0.05, 0.1) is 12.3 Å². The molecule has 0 spiro atoms. The van der Waals surface area contributed by atoms with Crippen molar-refractivity contribution in [3.05, 3.63) is 0 Å². The van der Waals surface area contributed by atoms with Gasteiger partial charge in [-0.2, -0.15) is 0 Å². The van der Waals surface area contributed by atoms with E-state index < -0.39 is 5.92 Å². The van der Waals surface area contributed by atoms with Gasteiger partial charge in [0.1, 0.15) is 23.1 Å². The minimum Gasteiger partial charge on any atom is -0.300 e.